The minimum absolute atomic E-state index is 0.235. The number of aromatic amines is 1. The van der Waals surface area contributed by atoms with E-state index in [2.05, 4.69) is 63.3 Å². The largest absolute Gasteiger partial charge is 0.497 e. The van der Waals surface area contributed by atoms with Crippen molar-refractivity contribution < 1.29 is 19.1 Å². The van der Waals surface area contributed by atoms with Gasteiger partial charge < -0.3 is 14.5 Å². The number of fused-ring (bicyclic) bond motifs is 1. The van der Waals surface area contributed by atoms with E-state index in [1.165, 1.54) is 6.21 Å². The third kappa shape index (κ3) is 6.41. The lowest BCUT2D eigenvalue weighted by molar-refractivity contribution is 0.0732. The van der Waals surface area contributed by atoms with Crippen LogP contribution in [-0.2, 0) is 0 Å². The zero-order valence-electron chi connectivity index (χ0n) is 21.2. The second-order valence-electron chi connectivity index (χ2n) is 8.67. The van der Waals surface area contributed by atoms with E-state index < -0.39 is 11.9 Å². The molecule has 1 heterocycles. The summed E-state index contributed by atoms with van der Waals surface area (Å²) >= 11 is 16.9. The van der Waals surface area contributed by atoms with E-state index in [0.29, 0.717) is 47.7 Å². The summed E-state index contributed by atoms with van der Waals surface area (Å²) in [6.45, 7) is 0. The van der Waals surface area contributed by atoms with Crippen LogP contribution >= 0.6 is 59.4 Å². The van der Waals surface area contributed by atoms with E-state index in [0.717, 1.165) is 15.4 Å². The second-order valence-corrected chi connectivity index (χ2v) is 11.8. The Balaban J connectivity index is 1.44. The first-order valence-corrected chi connectivity index (χ1v) is 14.8. The molecule has 0 radical (unpaired) electrons. The highest BCUT2D eigenvalue weighted by Crippen LogP contribution is 2.38. The van der Waals surface area contributed by atoms with Crippen molar-refractivity contribution in [1.29, 1.82) is 0 Å². The van der Waals surface area contributed by atoms with Crippen LogP contribution in [0.4, 0.5) is 0 Å². The van der Waals surface area contributed by atoms with Crippen LogP contribution < -0.4 is 14.9 Å². The molecule has 0 aliphatic carbocycles. The third-order valence-corrected chi connectivity index (χ3v) is 7.93. The normalized spacial score (nSPS) is 11.1. The van der Waals surface area contributed by atoms with Crippen LogP contribution in [0.1, 0.15) is 26.4 Å². The first-order valence-electron chi connectivity index (χ1n) is 12.0. The molecule has 2 N–H and O–H groups in total. The van der Waals surface area contributed by atoms with Crippen molar-refractivity contribution in [3.63, 3.8) is 0 Å². The Morgan fingerprint density at radius 1 is 0.951 bits per heavy atom. The van der Waals surface area contributed by atoms with E-state index >= 15 is 0 Å². The summed E-state index contributed by atoms with van der Waals surface area (Å²) in [6, 6.07) is 23.0. The minimum atomic E-state index is -0.567. The maximum Gasteiger partial charge on any atom is 0.343 e. The molecule has 7 nitrogen and oxygen atoms in total. The number of aromatic nitrogens is 1. The molecular weight excluding hydrogens is 742 g/mol. The van der Waals surface area contributed by atoms with Gasteiger partial charge >= 0.3 is 5.97 Å². The summed E-state index contributed by atoms with van der Waals surface area (Å²) in [7, 11) is 1.55. The average Bonchev–Trinajstić information content (AvgIpc) is 3.33. The highest BCUT2D eigenvalue weighted by Gasteiger charge is 2.21. The Morgan fingerprint density at radius 2 is 1.71 bits per heavy atom. The topological polar surface area (TPSA) is 92.8 Å². The zero-order chi connectivity index (χ0) is 29.1. The highest BCUT2D eigenvalue weighted by molar-refractivity contribution is 9.11. The quantitative estimate of drug-likeness (QED) is 0.0752. The lowest BCUT2D eigenvalue weighted by atomic mass is 10.0. The van der Waals surface area contributed by atoms with Crippen molar-refractivity contribution in [2.75, 3.05) is 7.11 Å². The van der Waals surface area contributed by atoms with Gasteiger partial charge in [0.1, 0.15) is 11.4 Å². The number of hydrazone groups is 1. The summed E-state index contributed by atoms with van der Waals surface area (Å²) in [5.41, 5.74) is 5.78. The number of hydrogen-bond donors (Lipinski definition) is 2. The van der Waals surface area contributed by atoms with E-state index in [-0.39, 0.29) is 5.75 Å². The maximum absolute atomic E-state index is 13.4. The van der Waals surface area contributed by atoms with Gasteiger partial charge in [0.05, 0.1) is 23.4 Å². The van der Waals surface area contributed by atoms with Crippen LogP contribution in [0.25, 0.3) is 22.0 Å². The van der Waals surface area contributed by atoms with Crippen molar-refractivity contribution in [3.05, 3.63) is 114 Å². The molecule has 206 valence electrons. The fourth-order valence-electron chi connectivity index (χ4n) is 4.16. The van der Waals surface area contributed by atoms with Crippen molar-refractivity contribution in [2.45, 2.75) is 0 Å². The highest BCUT2D eigenvalue weighted by atomic mass is 79.9. The molecule has 5 aromatic rings. The molecule has 0 aliphatic rings. The number of H-pyrrole nitrogens is 1. The fraction of sp³-hybridized carbons (Fsp3) is 0.0333. The van der Waals surface area contributed by atoms with E-state index in [1.54, 1.807) is 49.6 Å². The van der Waals surface area contributed by atoms with Gasteiger partial charge in [-0.05, 0) is 76.6 Å². The number of methoxy groups -OCH3 is 1. The van der Waals surface area contributed by atoms with Crippen LogP contribution in [0.15, 0.2) is 97.4 Å². The molecule has 0 fully saturated rings. The molecule has 4 aromatic carbocycles. The first kappa shape index (κ1) is 29.1. The minimum Gasteiger partial charge on any atom is -0.497 e. The molecule has 41 heavy (non-hydrogen) atoms. The molecule has 0 atom stereocenters. The lowest BCUT2D eigenvalue weighted by Gasteiger charge is -2.11. The molecule has 0 unspecified atom stereocenters. The second kappa shape index (κ2) is 12.6. The van der Waals surface area contributed by atoms with Crippen LogP contribution in [0.3, 0.4) is 0 Å². The molecular formula is C30H19Br3ClN3O4. The Kier molecular flexibility index (Phi) is 8.94. The number of ether oxygens (including phenoxy) is 2. The van der Waals surface area contributed by atoms with Gasteiger partial charge in [0, 0.05) is 41.6 Å². The predicted octanol–water partition coefficient (Wildman–Crippen LogP) is 8.77. The Morgan fingerprint density at radius 3 is 2.44 bits per heavy atom. The number of carbonyl (C=O) groups is 2. The fourth-order valence-corrected chi connectivity index (χ4v) is 6.09. The van der Waals surface area contributed by atoms with Crippen LogP contribution in [0, 0.1) is 0 Å². The van der Waals surface area contributed by atoms with Gasteiger partial charge in [0.25, 0.3) is 5.91 Å². The van der Waals surface area contributed by atoms with Crippen LogP contribution in [-0.4, -0.2) is 30.2 Å². The number of nitrogens with zero attached hydrogens (tertiary/aromatic N) is 1. The summed E-state index contributed by atoms with van der Waals surface area (Å²) in [5.74, 6) is -0.188. The molecule has 0 bridgehead atoms. The van der Waals surface area contributed by atoms with Crippen molar-refractivity contribution in [1.82, 2.24) is 10.4 Å². The molecule has 5 rings (SSSR count). The lowest BCUT2D eigenvalue weighted by Crippen LogP contribution is -2.19. The van der Waals surface area contributed by atoms with Crippen molar-refractivity contribution >= 4 is 88.4 Å². The number of halogens is 4. The monoisotopic (exact) mass is 757 g/mol. The number of benzene rings is 4. The Labute approximate surface area is 265 Å². The van der Waals surface area contributed by atoms with Crippen molar-refractivity contribution in [3.8, 4) is 22.6 Å². The number of amides is 1. The standard InChI is InChI=1S/C30H19Br3ClN3O4/c1-40-20-9-6-16(7-10-20)30(39)41-28-17(12-19(32)14-23(28)33)15-35-37-29(38)27-26(21-4-2-3-5-24(21)34)22-13-18(31)8-11-25(22)36-27/h2-15,36H,1H3,(H,37,38). The first-order chi connectivity index (χ1) is 19.7. The van der Waals surface area contributed by atoms with E-state index in [9.17, 15) is 9.59 Å². The van der Waals surface area contributed by atoms with Crippen LogP contribution in [0.2, 0.25) is 5.02 Å². The predicted molar refractivity (Wildman–Crippen MR) is 171 cm³/mol. The van der Waals surface area contributed by atoms with Gasteiger partial charge in [-0.25, -0.2) is 10.2 Å². The summed E-state index contributed by atoms with van der Waals surface area (Å²) < 4.78 is 12.9. The van der Waals surface area contributed by atoms with Gasteiger partial charge in [0.15, 0.2) is 5.75 Å². The summed E-state index contributed by atoms with van der Waals surface area (Å²) in [5, 5.41) is 5.50. The van der Waals surface area contributed by atoms with Crippen LogP contribution in [0.5, 0.6) is 11.5 Å². The summed E-state index contributed by atoms with van der Waals surface area (Å²) in [6.07, 6.45) is 1.40. The number of carbonyl (C=O) groups excluding carboxylic acids is 2. The third-order valence-electron chi connectivity index (χ3n) is 6.06. The molecule has 0 saturated heterocycles. The molecule has 1 aromatic heterocycles. The Bertz CT molecular complexity index is 1820. The van der Waals surface area contributed by atoms with Gasteiger partial charge in [0.2, 0.25) is 0 Å². The molecule has 1 amide bonds. The smallest absolute Gasteiger partial charge is 0.343 e. The van der Waals surface area contributed by atoms with Gasteiger partial charge in [-0.2, -0.15) is 5.10 Å². The number of rotatable bonds is 7. The average molecular weight is 761 g/mol. The summed E-state index contributed by atoms with van der Waals surface area (Å²) in [4.78, 5) is 29.4. The molecule has 0 saturated carbocycles. The molecule has 11 heteroatoms. The van der Waals surface area contributed by atoms with E-state index in [1.807, 2.05) is 36.4 Å². The van der Waals surface area contributed by atoms with Gasteiger partial charge in [-0.3, -0.25) is 4.79 Å². The number of esters is 1. The SMILES string of the molecule is COc1ccc(C(=O)Oc2c(Br)cc(Br)cc2C=NNC(=O)c2[nH]c3ccc(Br)cc3c2-c2ccccc2Cl)cc1. The van der Waals surface area contributed by atoms with Crippen molar-refractivity contribution in [2.24, 2.45) is 5.10 Å². The van der Waals surface area contributed by atoms with E-state index in [4.69, 9.17) is 21.1 Å². The van der Waals surface area contributed by atoms with Gasteiger partial charge in [-0.1, -0.05) is 61.7 Å². The maximum atomic E-state index is 13.4. The van der Waals surface area contributed by atoms with Gasteiger partial charge in [-0.15, -0.1) is 0 Å². The molecule has 0 spiro atoms. The zero-order valence-corrected chi connectivity index (χ0v) is 26.7. The Hall–Kier alpha value is -3.44. The number of hydrogen-bond acceptors (Lipinski definition) is 5. The number of nitrogens with one attached hydrogen (secondary N) is 2. The molecule has 0 aliphatic heterocycles.